The molecule has 5 nitrogen and oxygen atoms in total. The molecule has 1 aliphatic rings. The molecule has 0 atom stereocenters. The van der Waals surface area contributed by atoms with Gasteiger partial charge in [-0.2, -0.15) is 0 Å². The Morgan fingerprint density at radius 2 is 2.09 bits per heavy atom. The third kappa shape index (κ3) is 4.09. The Balaban J connectivity index is 2.22. The predicted molar refractivity (Wildman–Crippen MR) is 94.6 cm³/mol. The molecule has 1 aromatic rings. The first-order chi connectivity index (χ1) is 11.0. The van der Waals surface area contributed by atoms with E-state index in [0.717, 1.165) is 31.0 Å². The van der Waals surface area contributed by atoms with E-state index >= 15 is 0 Å². The molecule has 23 heavy (non-hydrogen) atoms. The molecule has 1 aliphatic heterocycles. The zero-order valence-electron chi connectivity index (χ0n) is 13.0. The van der Waals surface area contributed by atoms with Crippen molar-refractivity contribution in [2.24, 2.45) is 0 Å². The van der Waals surface area contributed by atoms with Crippen LogP contribution < -0.4 is 4.74 Å². The quantitative estimate of drug-likeness (QED) is 0.567. The van der Waals surface area contributed by atoms with Crippen LogP contribution in [-0.4, -0.2) is 34.8 Å². The zero-order chi connectivity index (χ0) is 17.0. The predicted octanol–water partition coefficient (Wildman–Crippen LogP) is 4.39. The van der Waals surface area contributed by atoms with Crippen molar-refractivity contribution < 1.29 is 19.4 Å². The van der Waals surface area contributed by atoms with Crippen LogP contribution in [0, 0.1) is 0 Å². The molecule has 2 amide bonds. The summed E-state index contributed by atoms with van der Waals surface area (Å²) < 4.78 is 5.55. The lowest BCUT2D eigenvalue weighted by Crippen LogP contribution is -2.29. The van der Waals surface area contributed by atoms with Gasteiger partial charge in [0.1, 0.15) is 0 Å². The lowest BCUT2D eigenvalue weighted by atomic mass is 10.2. The second-order valence-electron chi connectivity index (χ2n) is 5.09. The van der Waals surface area contributed by atoms with Gasteiger partial charge in [-0.3, -0.25) is 14.5 Å². The summed E-state index contributed by atoms with van der Waals surface area (Å²) in [4.78, 5) is 26.0. The van der Waals surface area contributed by atoms with E-state index in [0.29, 0.717) is 27.2 Å². The van der Waals surface area contributed by atoms with Gasteiger partial charge in [0.05, 0.1) is 16.5 Å². The van der Waals surface area contributed by atoms with Gasteiger partial charge < -0.3 is 9.84 Å². The van der Waals surface area contributed by atoms with E-state index in [-0.39, 0.29) is 16.9 Å². The molecule has 1 saturated heterocycles. The lowest BCUT2D eigenvalue weighted by molar-refractivity contribution is -0.122. The molecule has 0 bridgehead atoms. The average Bonchev–Trinajstić information content (AvgIpc) is 2.78. The van der Waals surface area contributed by atoms with Gasteiger partial charge in [-0.05, 0) is 57.9 Å². The summed E-state index contributed by atoms with van der Waals surface area (Å²) in [6, 6.07) is 3.29. The minimum atomic E-state index is -0.265. The third-order valence-electron chi connectivity index (χ3n) is 3.43. The Morgan fingerprint density at radius 1 is 1.35 bits per heavy atom. The molecule has 1 aromatic carbocycles. The van der Waals surface area contributed by atoms with E-state index in [4.69, 9.17) is 4.74 Å². The van der Waals surface area contributed by atoms with Crippen molar-refractivity contribution >= 4 is 44.9 Å². The number of phenols is 1. The number of methoxy groups -OCH3 is 1. The number of phenolic OH excluding ortho intramolecular Hbond substituents is 1. The Kier molecular flexibility index (Phi) is 6.12. The normalized spacial score (nSPS) is 16.5. The van der Waals surface area contributed by atoms with Crippen molar-refractivity contribution in [1.29, 1.82) is 0 Å². The molecule has 2 rings (SSSR count). The number of nitrogens with zero attached hydrogens (tertiary/aromatic N) is 1. The van der Waals surface area contributed by atoms with Crippen molar-refractivity contribution in [2.75, 3.05) is 13.7 Å². The van der Waals surface area contributed by atoms with Gasteiger partial charge in [0.25, 0.3) is 11.1 Å². The number of ether oxygens (including phenoxy) is 1. The number of carbonyl (C=O) groups is 2. The highest BCUT2D eigenvalue weighted by atomic mass is 79.9. The summed E-state index contributed by atoms with van der Waals surface area (Å²) in [6.45, 7) is 2.53. The van der Waals surface area contributed by atoms with E-state index in [1.807, 2.05) is 0 Å². The number of carbonyl (C=O) groups excluding carboxylic acids is 2. The Hall–Kier alpha value is -1.47. The van der Waals surface area contributed by atoms with E-state index in [2.05, 4.69) is 22.9 Å². The van der Waals surface area contributed by atoms with E-state index in [1.165, 1.54) is 12.0 Å². The molecule has 0 saturated carbocycles. The molecule has 7 heteroatoms. The highest BCUT2D eigenvalue weighted by Gasteiger charge is 2.34. The van der Waals surface area contributed by atoms with Crippen LogP contribution in [0.5, 0.6) is 11.5 Å². The number of unbranched alkanes of at least 4 members (excludes halogenated alkanes) is 2. The molecular weight excluding hydrogens is 382 g/mol. The zero-order valence-corrected chi connectivity index (χ0v) is 15.4. The van der Waals surface area contributed by atoms with Crippen LogP contribution in [-0.2, 0) is 4.79 Å². The Morgan fingerprint density at radius 3 is 2.74 bits per heavy atom. The molecule has 0 spiro atoms. The maximum Gasteiger partial charge on any atom is 0.293 e. The summed E-state index contributed by atoms with van der Waals surface area (Å²) in [5.41, 5.74) is 0.672. The molecular formula is C16H18BrNO4S. The summed E-state index contributed by atoms with van der Waals surface area (Å²) in [6.07, 6.45) is 4.48. The van der Waals surface area contributed by atoms with Crippen LogP contribution in [0.3, 0.4) is 0 Å². The highest BCUT2D eigenvalue weighted by molar-refractivity contribution is 9.10. The topological polar surface area (TPSA) is 66.8 Å². The number of benzene rings is 1. The smallest absolute Gasteiger partial charge is 0.293 e. The fraction of sp³-hybridized carbons (Fsp3) is 0.375. The molecule has 0 radical (unpaired) electrons. The molecule has 1 heterocycles. The van der Waals surface area contributed by atoms with Crippen molar-refractivity contribution in [3.63, 3.8) is 0 Å². The number of thioether (sulfide) groups is 1. The van der Waals surface area contributed by atoms with Crippen LogP contribution >= 0.6 is 27.7 Å². The minimum Gasteiger partial charge on any atom is -0.503 e. The van der Waals surface area contributed by atoms with Crippen molar-refractivity contribution in [3.8, 4) is 11.5 Å². The van der Waals surface area contributed by atoms with E-state index in [1.54, 1.807) is 18.2 Å². The SMILES string of the molecule is CCCCCN1C(=O)S/C(=C\c2cc(Br)c(O)c(OC)c2)C1=O. The molecule has 0 aromatic heterocycles. The fourth-order valence-corrected chi connectivity index (χ4v) is 3.52. The molecule has 124 valence electrons. The van der Waals surface area contributed by atoms with Crippen molar-refractivity contribution in [2.45, 2.75) is 26.2 Å². The van der Waals surface area contributed by atoms with Crippen LogP contribution in [0.25, 0.3) is 6.08 Å². The number of halogens is 1. The molecule has 1 fully saturated rings. The number of hydrogen-bond acceptors (Lipinski definition) is 5. The first-order valence-corrected chi connectivity index (χ1v) is 8.90. The van der Waals surface area contributed by atoms with Crippen LogP contribution in [0.15, 0.2) is 21.5 Å². The van der Waals surface area contributed by atoms with E-state index in [9.17, 15) is 14.7 Å². The second kappa shape index (κ2) is 7.88. The van der Waals surface area contributed by atoms with Gasteiger partial charge in [-0.25, -0.2) is 0 Å². The molecule has 1 N–H and O–H groups in total. The number of hydrogen-bond donors (Lipinski definition) is 1. The van der Waals surface area contributed by atoms with Crippen molar-refractivity contribution in [1.82, 2.24) is 4.90 Å². The molecule has 0 aliphatic carbocycles. The monoisotopic (exact) mass is 399 g/mol. The minimum absolute atomic E-state index is 0.00248. The number of imide groups is 1. The van der Waals surface area contributed by atoms with Gasteiger partial charge in [0.15, 0.2) is 11.5 Å². The Bertz CT molecular complexity index is 660. The second-order valence-corrected chi connectivity index (χ2v) is 6.94. The van der Waals surface area contributed by atoms with E-state index < -0.39 is 0 Å². The van der Waals surface area contributed by atoms with Gasteiger partial charge >= 0.3 is 0 Å². The van der Waals surface area contributed by atoms with Gasteiger partial charge in [-0.1, -0.05) is 19.8 Å². The average molecular weight is 400 g/mol. The largest absolute Gasteiger partial charge is 0.503 e. The number of aromatic hydroxyl groups is 1. The van der Waals surface area contributed by atoms with Gasteiger partial charge in [0, 0.05) is 6.54 Å². The summed E-state index contributed by atoms with van der Waals surface area (Å²) in [7, 11) is 1.45. The maximum absolute atomic E-state index is 12.3. The maximum atomic E-state index is 12.3. The number of amides is 2. The highest BCUT2D eigenvalue weighted by Crippen LogP contribution is 2.38. The summed E-state index contributed by atoms with van der Waals surface area (Å²) in [5.74, 6) is 0.0318. The molecule has 0 unspecified atom stereocenters. The first kappa shape index (κ1) is 17.9. The van der Waals surface area contributed by atoms with Crippen LogP contribution in [0.4, 0.5) is 4.79 Å². The lowest BCUT2D eigenvalue weighted by Gasteiger charge is -2.11. The summed E-state index contributed by atoms with van der Waals surface area (Å²) >= 11 is 4.18. The number of rotatable bonds is 6. The third-order valence-corrected chi connectivity index (χ3v) is 4.94. The van der Waals surface area contributed by atoms with Crippen LogP contribution in [0.1, 0.15) is 31.7 Å². The van der Waals surface area contributed by atoms with Gasteiger partial charge in [0.2, 0.25) is 0 Å². The standard InChI is InChI=1S/C16H18BrNO4S/c1-3-4-5-6-18-15(20)13(23-16(18)21)9-10-7-11(17)14(19)12(8-10)22-2/h7-9,19H,3-6H2,1-2H3/b13-9-. The van der Waals surface area contributed by atoms with Crippen LogP contribution in [0.2, 0.25) is 0 Å². The summed E-state index contributed by atoms with van der Waals surface area (Å²) in [5, 5.41) is 9.58. The van der Waals surface area contributed by atoms with Gasteiger partial charge in [-0.15, -0.1) is 0 Å². The fourth-order valence-electron chi connectivity index (χ4n) is 2.20. The van der Waals surface area contributed by atoms with Crippen molar-refractivity contribution in [3.05, 3.63) is 27.1 Å². The Labute approximate surface area is 147 Å². The first-order valence-electron chi connectivity index (χ1n) is 7.29.